The van der Waals surface area contributed by atoms with Crippen LogP contribution in [0.25, 0.3) is 0 Å². The van der Waals surface area contributed by atoms with Crippen LogP contribution in [0.3, 0.4) is 0 Å². The monoisotopic (exact) mass is 210 g/mol. The summed E-state index contributed by atoms with van der Waals surface area (Å²) in [6, 6.07) is 0. The van der Waals surface area contributed by atoms with Crippen molar-refractivity contribution in [2.45, 2.75) is 26.7 Å². The van der Waals surface area contributed by atoms with Gasteiger partial charge in [-0.2, -0.15) is 0 Å². The van der Waals surface area contributed by atoms with Gasteiger partial charge in [-0.1, -0.05) is 12.1 Å². The van der Waals surface area contributed by atoms with Gasteiger partial charge in [-0.25, -0.2) is 0 Å². The first kappa shape index (κ1) is 11.6. The number of rotatable bonds is 3. The van der Waals surface area contributed by atoms with Gasteiger partial charge in [-0.05, 0) is 13.8 Å². The minimum absolute atomic E-state index is 0.302. The summed E-state index contributed by atoms with van der Waals surface area (Å²) in [7, 11) is 1.66. The molecule has 15 heavy (non-hydrogen) atoms. The third-order valence-corrected chi connectivity index (χ3v) is 2.41. The molecule has 0 fully saturated rings. The standard InChI is InChI=1S/C10H18N4O/c1-6(5-13-10(11)12-4)9-7(2)14-15-8(9)3/h6H,5H2,1-4H3,(H3,11,12,13). The molecule has 0 bridgehead atoms. The normalized spacial score (nSPS) is 14.0. The Morgan fingerprint density at radius 3 is 2.73 bits per heavy atom. The second kappa shape index (κ2) is 4.82. The van der Waals surface area contributed by atoms with Crippen LogP contribution < -0.4 is 11.1 Å². The largest absolute Gasteiger partial charge is 0.370 e. The van der Waals surface area contributed by atoms with Crippen LogP contribution in [0, 0.1) is 13.8 Å². The quantitative estimate of drug-likeness (QED) is 0.574. The van der Waals surface area contributed by atoms with Crippen LogP contribution in [0.4, 0.5) is 0 Å². The number of aromatic nitrogens is 1. The summed E-state index contributed by atoms with van der Waals surface area (Å²) in [5.74, 6) is 1.62. The van der Waals surface area contributed by atoms with E-state index in [-0.39, 0.29) is 0 Å². The summed E-state index contributed by atoms with van der Waals surface area (Å²) in [6.07, 6.45) is 0. The Balaban J connectivity index is 2.65. The average molecular weight is 210 g/mol. The van der Waals surface area contributed by atoms with Crippen LogP contribution in [-0.4, -0.2) is 24.7 Å². The van der Waals surface area contributed by atoms with Crippen molar-refractivity contribution >= 4 is 5.96 Å². The van der Waals surface area contributed by atoms with Crippen LogP contribution in [0.1, 0.15) is 29.9 Å². The fraction of sp³-hybridized carbons (Fsp3) is 0.600. The summed E-state index contributed by atoms with van der Waals surface area (Å²) in [6.45, 7) is 6.69. The van der Waals surface area contributed by atoms with E-state index in [1.54, 1.807) is 7.05 Å². The van der Waals surface area contributed by atoms with Crippen molar-refractivity contribution in [3.8, 4) is 0 Å². The first-order chi connectivity index (χ1) is 7.06. The second-order valence-corrected chi connectivity index (χ2v) is 3.63. The molecule has 1 heterocycles. The molecule has 1 aromatic rings. The lowest BCUT2D eigenvalue weighted by atomic mass is 10.00. The molecule has 0 radical (unpaired) electrons. The molecule has 0 saturated heterocycles. The summed E-state index contributed by atoms with van der Waals surface area (Å²) in [5, 5.41) is 6.95. The van der Waals surface area contributed by atoms with Gasteiger partial charge in [0.2, 0.25) is 0 Å². The fourth-order valence-corrected chi connectivity index (χ4v) is 1.63. The predicted octanol–water partition coefficient (Wildman–Crippen LogP) is 0.929. The Hall–Kier alpha value is -1.52. The Morgan fingerprint density at radius 1 is 1.60 bits per heavy atom. The summed E-state index contributed by atoms with van der Waals surface area (Å²) in [5.41, 5.74) is 7.63. The molecule has 1 rings (SSSR count). The molecule has 0 aliphatic heterocycles. The van der Waals surface area contributed by atoms with Crippen molar-refractivity contribution in [2.24, 2.45) is 10.7 Å². The maximum Gasteiger partial charge on any atom is 0.188 e. The minimum atomic E-state index is 0.302. The van der Waals surface area contributed by atoms with E-state index < -0.39 is 0 Å². The van der Waals surface area contributed by atoms with Gasteiger partial charge in [-0.3, -0.25) is 4.99 Å². The van der Waals surface area contributed by atoms with Crippen LogP contribution >= 0.6 is 0 Å². The highest BCUT2D eigenvalue weighted by Gasteiger charge is 2.15. The van der Waals surface area contributed by atoms with Crippen molar-refractivity contribution in [2.75, 3.05) is 13.6 Å². The SMILES string of the molecule is CN=C(N)NCC(C)c1c(C)noc1C. The number of nitrogens with one attached hydrogen (secondary N) is 1. The molecule has 0 aliphatic rings. The van der Waals surface area contributed by atoms with Crippen molar-refractivity contribution in [1.82, 2.24) is 10.5 Å². The lowest BCUT2D eigenvalue weighted by Crippen LogP contribution is -2.34. The Bertz CT molecular complexity index is 337. The van der Waals surface area contributed by atoms with Crippen molar-refractivity contribution in [1.29, 1.82) is 0 Å². The summed E-state index contributed by atoms with van der Waals surface area (Å²) >= 11 is 0. The number of guanidine groups is 1. The molecular formula is C10H18N4O. The molecular weight excluding hydrogens is 192 g/mol. The number of nitrogens with two attached hydrogens (primary N) is 1. The van der Waals surface area contributed by atoms with Gasteiger partial charge in [0.1, 0.15) is 5.76 Å². The molecule has 1 aromatic heterocycles. The van der Waals surface area contributed by atoms with E-state index >= 15 is 0 Å². The first-order valence-electron chi connectivity index (χ1n) is 4.95. The molecule has 0 saturated carbocycles. The minimum Gasteiger partial charge on any atom is -0.370 e. The zero-order valence-electron chi connectivity index (χ0n) is 9.66. The van der Waals surface area contributed by atoms with Gasteiger partial charge < -0.3 is 15.6 Å². The fourth-order valence-electron chi connectivity index (χ4n) is 1.63. The van der Waals surface area contributed by atoms with Gasteiger partial charge in [0, 0.05) is 25.1 Å². The van der Waals surface area contributed by atoms with E-state index in [1.807, 2.05) is 13.8 Å². The van der Waals surface area contributed by atoms with Gasteiger partial charge in [0.15, 0.2) is 5.96 Å². The van der Waals surface area contributed by atoms with E-state index in [1.165, 1.54) is 0 Å². The van der Waals surface area contributed by atoms with E-state index in [2.05, 4.69) is 22.4 Å². The van der Waals surface area contributed by atoms with Gasteiger partial charge in [0.05, 0.1) is 5.69 Å². The molecule has 1 unspecified atom stereocenters. The number of nitrogens with zero attached hydrogens (tertiary/aromatic N) is 2. The number of hydrogen-bond acceptors (Lipinski definition) is 3. The van der Waals surface area contributed by atoms with Crippen LogP contribution in [0.2, 0.25) is 0 Å². The summed E-state index contributed by atoms with van der Waals surface area (Å²) < 4.78 is 5.11. The van der Waals surface area contributed by atoms with Crippen LogP contribution in [0.5, 0.6) is 0 Å². The maximum absolute atomic E-state index is 5.55. The molecule has 0 aliphatic carbocycles. The van der Waals surface area contributed by atoms with Crippen LogP contribution in [-0.2, 0) is 0 Å². The third kappa shape index (κ3) is 2.71. The molecule has 84 valence electrons. The Morgan fingerprint density at radius 2 is 2.27 bits per heavy atom. The van der Waals surface area contributed by atoms with Gasteiger partial charge in [0.25, 0.3) is 0 Å². The highest BCUT2D eigenvalue weighted by molar-refractivity contribution is 5.77. The lowest BCUT2D eigenvalue weighted by Gasteiger charge is -2.12. The zero-order valence-corrected chi connectivity index (χ0v) is 9.66. The van der Waals surface area contributed by atoms with Gasteiger partial charge in [-0.15, -0.1) is 0 Å². The number of aliphatic imine (C=N–C) groups is 1. The van der Waals surface area contributed by atoms with Crippen molar-refractivity contribution in [3.05, 3.63) is 17.0 Å². The van der Waals surface area contributed by atoms with E-state index in [4.69, 9.17) is 10.3 Å². The van der Waals surface area contributed by atoms with Crippen molar-refractivity contribution < 1.29 is 4.52 Å². The molecule has 5 heteroatoms. The number of aryl methyl sites for hydroxylation is 2. The zero-order chi connectivity index (χ0) is 11.4. The average Bonchev–Trinajstić information content (AvgIpc) is 2.54. The molecule has 0 aromatic carbocycles. The Kier molecular flexibility index (Phi) is 3.71. The van der Waals surface area contributed by atoms with Crippen molar-refractivity contribution in [3.63, 3.8) is 0 Å². The first-order valence-corrected chi connectivity index (χ1v) is 4.95. The van der Waals surface area contributed by atoms with E-state index in [0.29, 0.717) is 11.9 Å². The molecule has 1 atom stereocenters. The smallest absolute Gasteiger partial charge is 0.188 e. The molecule has 0 spiro atoms. The van der Waals surface area contributed by atoms with Gasteiger partial charge >= 0.3 is 0 Å². The molecule has 0 amide bonds. The van der Waals surface area contributed by atoms with E-state index in [0.717, 1.165) is 23.6 Å². The molecule has 5 nitrogen and oxygen atoms in total. The number of hydrogen-bond donors (Lipinski definition) is 2. The maximum atomic E-state index is 5.55. The lowest BCUT2D eigenvalue weighted by molar-refractivity contribution is 0.391. The van der Waals surface area contributed by atoms with Crippen LogP contribution in [0.15, 0.2) is 9.52 Å². The highest BCUT2D eigenvalue weighted by Crippen LogP contribution is 2.21. The Labute approximate surface area is 89.7 Å². The summed E-state index contributed by atoms with van der Waals surface area (Å²) in [4.78, 5) is 3.83. The molecule has 3 N–H and O–H groups in total. The second-order valence-electron chi connectivity index (χ2n) is 3.63. The highest BCUT2D eigenvalue weighted by atomic mass is 16.5. The topological polar surface area (TPSA) is 76.4 Å². The van der Waals surface area contributed by atoms with E-state index in [9.17, 15) is 0 Å². The third-order valence-electron chi connectivity index (χ3n) is 2.41. The predicted molar refractivity (Wildman–Crippen MR) is 59.9 cm³/mol.